The van der Waals surface area contributed by atoms with Crippen LogP contribution in [-0.4, -0.2) is 20.9 Å². The van der Waals surface area contributed by atoms with E-state index >= 15 is 0 Å². The van der Waals surface area contributed by atoms with Crippen molar-refractivity contribution in [2.75, 3.05) is 0 Å². The summed E-state index contributed by atoms with van der Waals surface area (Å²) in [6.07, 6.45) is 4.14. The second kappa shape index (κ2) is 9.79. The van der Waals surface area contributed by atoms with E-state index in [9.17, 15) is 4.79 Å². The van der Waals surface area contributed by atoms with Crippen molar-refractivity contribution < 1.29 is 14.6 Å². The van der Waals surface area contributed by atoms with Crippen LogP contribution in [0.25, 0.3) is 10.9 Å². The first-order valence-electron chi connectivity index (χ1n) is 9.92. The van der Waals surface area contributed by atoms with E-state index in [1.165, 1.54) is 0 Å². The van der Waals surface area contributed by atoms with Gasteiger partial charge in [0.25, 0.3) is 0 Å². The zero-order valence-electron chi connectivity index (χ0n) is 16.9. The third-order valence-corrected chi connectivity index (χ3v) is 4.88. The molecule has 0 amide bonds. The number of carboxylic acid groups (broad SMARTS) is 1. The van der Waals surface area contributed by atoms with Gasteiger partial charge in [-0.2, -0.15) is 5.10 Å². The first-order valence-corrected chi connectivity index (χ1v) is 9.92. The van der Waals surface area contributed by atoms with Crippen LogP contribution in [0.3, 0.4) is 0 Å². The quantitative estimate of drug-likeness (QED) is 0.522. The van der Waals surface area contributed by atoms with Crippen LogP contribution in [0.2, 0.25) is 0 Å². The van der Waals surface area contributed by atoms with E-state index in [0.717, 1.165) is 47.2 Å². The van der Waals surface area contributed by atoms with Crippen LogP contribution in [0.15, 0.2) is 48.7 Å². The molecule has 1 N–H and O–H groups in total. The van der Waals surface area contributed by atoms with Crippen LogP contribution in [-0.2, 0) is 17.9 Å². The summed E-state index contributed by atoms with van der Waals surface area (Å²) >= 11 is 0. The molecule has 1 aromatic heterocycles. The molecule has 0 fully saturated rings. The number of benzene rings is 2. The number of nitrogens with zero attached hydrogens (tertiary/aromatic N) is 2. The Morgan fingerprint density at radius 2 is 2.03 bits per heavy atom. The zero-order chi connectivity index (χ0) is 20.6. The molecule has 1 atom stereocenters. The molecule has 2 aromatic carbocycles. The molecule has 0 aliphatic rings. The summed E-state index contributed by atoms with van der Waals surface area (Å²) in [4.78, 5) is 11.1. The third kappa shape index (κ3) is 5.17. The predicted octanol–water partition coefficient (Wildman–Crippen LogP) is 5.00. The molecule has 1 heterocycles. The van der Waals surface area contributed by atoms with Crippen LogP contribution in [0.5, 0.6) is 5.75 Å². The van der Waals surface area contributed by atoms with E-state index in [1.807, 2.05) is 36.5 Å². The number of ether oxygens (including phenoxy) is 1. The third-order valence-electron chi connectivity index (χ3n) is 4.88. The van der Waals surface area contributed by atoms with E-state index in [2.05, 4.69) is 40.7 Å². The largest absolute Gasteiger partial charge is 0.489 e. The zero-order valence-corrected chi connectivity index (χ0v) is 16.9. The predicted molar refractivity (Wildman–Crippen MR) is 114 cm³/mol. The summed E-state index contributed by atoms with van der Waals surface area (Å²) in [5, 5.41) is 14.7. The van der Waals surface area contributed by atoms with Gasteiger partial charge in [-0.3, -0.25) is 9.48 Å². The Kier molecular flexibility index (Phi) is 6.91. The van der Waals surface area contributed by atoms with Gasteiger partial charge in [0.2, 0.25) is 0 Å². The Balaban J connectivity index is 1.70. The van der Waals surface area contributed by atoms with Gasteiger partial charge in [-0.25, -0.2) is 0 Å². The molecular weight excluding hydrogens is 364 g/mol. The van der Waals surface area contributed by atoms with Gasteiger partial charge in [0.1, 0.15) is 12.4 Å². The van der Waals surface area contributed by atoms with Crippen molar-refractivity contribution >= 4 is 16.9 Å². The second-order valence-corrected chi connectivity index (χ2v) is 6.97. The fourth-order valence-electron chi connectivity index (χ4n) is 3.33. The van der Waals surface area contributed by atoms with Crippen molar-refractivity contribution in [2.24, 2.45) is 0 Å². The molecule has 29 heavy (non-hydrogen) atoms. The van der Waals surface area contributed by atoms with E-state index in [0.29, 0.717) is 6.61 Å². The van der Waals surface area contributed by atoms with E-state index in [4.69, 9.17) is 9.84 Å². The Morgan fingerprint density at radius 1 is 1.24 bits per heavy atom. The summed E-state index contributed by atoms with van der Waals surface area (Å²) in [5.74, 6) is 5.35. The van der Waals surface area contributed by atoms with Crippen LogP contribution >= 0.6 is 0 Å². The highest BCUT2D eigenvalue weighted by Crippen LogP contribution is 2.24. The average Bonchev–Trinajstić information content (AvgIpc) is 3.14. The number of hydrogen-bond donors (Lipinski definition) is 1. The first-order chi connectivity index (χ1) is 14.1. The highest BCUT2D eigenvalue weighted by atomic mass is 16.5. The maximum Gasteiger partial charge on any atom is 0.304 e. The fraction of sp³-hybridized carbons (Fsp3) is 0.333. The van der Waals surface area contributed by atoms with Crippen molar-refractivity contribution in [3.05, 3.63) is 59.8 Å². The van der Waals surface area contributed by atoms with Gasteiger partial charge < -0.3 is 9.84 Å². The number of aryl methyl sites for hydroxylation is 1. The van der Waals surface area contributed by atoms with Gasteiger partial charge in [-0.15, -0.1) is 5.92 Å². The summed E-state index contributed by atoms with van der Waals surface area (Å²) in [5.41, 5.74) is 3.10. The van der Waals surface area contributed by atoms with E-state index in [-0.39, 0.29) is 12.3 Å². The number of aromatic nitrogens is 2. The van der Waals surface area contributed by atoms with Crippen molar-refractivity contribution in [3.8, 4) is 17.6 Å². The van der Waals surface area contributed by atoms with Crippen LogP contribution < -0.4 is 4.74 Å². The standard InChI is InChI=1S/C24H26N2O3/c1-3-5-14-26-23-9-6-8-20(22(23)16-25-26)17-29-21-12-10-18(11-13-21)19(7-4-2)15-24(27)28/h6,8-13,16,19H,3,5,14-15,17H2,1-2H3,(H,27,28)/t19-/m0/s1. The SMILES string of the molecule is CC#C[C@@H](CC(=O)O)c1ccc(OCc2cccc3c2cnn3CCCC)cc1. The Morgan fingerprint density at radius 3 is 2.72 bits per heavy atom. The van der Waals surface area contributed by atoms with Crippen molar-refractivity contribution in [2.45, 2.75) is 52.2 Å². The van der Waals surface area contributed by atoms with Crippen molar-refractivity contribution in [1.82, 2.24) is 9.78 Å². The Bertz CT molecular complexity index is 1030. The lowest BCUT2D eigenvalue weighted by atomic mass is 9.96. The smallest absolute Gasteiger partial charge is 0.304 e. The van der Waals surface area contributed by atoms with Gasteiger partial charge in [-0.05, 0) is 37.1 Å². The minimum absolute atomic E-state index is 0.00887. The molecule has 3 rings (SSSR count). The lowest BCUT2D eigenvalue weighted by Gasteiger charge is -2.11. The molecule has 3 aromatic rings. The van der Waals surface area contributed by atoms with Gasteiger partial charge in [0.15, 0.2) is 0 Å². The van der Waals surface area contributed by atoms with Gasteiger partial charge in [0, 0.05) is 17.5 Å². The van der Waals surface area contributed by atoms with Crippen LogP contribution in [0.4, 0.5) is 0 Å². The summed E-state index contributed by atoms with van der Waals surface area (Å²) in [7, 11) is 0. The molecule has 0 saturated heterocycles. The number of unbranched alkanes of at least 4 members (excludes halogenated alkanes) is 1. The van der Waals surface area contributed by atoms with Crippen LogP contribution in [0.1, 0.15) is 50.2 Å². The molecule has 5 nitrogen and oxygen atoms in total. The summed E-state index contributed by atoms with van der Waals surface area (Å²) < 4.78 is 8.03. The number of rotatable bonds is 9. The fourth-order valence-corrected chi connectivity index (χ4v) is 3.33. The molecule has 0 bridgehead atoms. The van der Waals surface area contributed by atoms with Crippen molar-refractivity contribution in [1.29, 1.82) is 0 Å². The molecule has 0 radical (unpaired) electrons. The molecule has 5 heteroatoms. The number of carboxylic acids is 1. The number of carbonyl (C=O) groups is 1. The normalized spacial score (nSPS) is 11.7. The first kappa shape index (κ1) is 20.5. The van der Waals surface area contributed by atoms with E-state index < -0.39 is 5.97 Å². The maximum absolute atomic E-state index is 11.1. The molecule has 0 saturated carbocycles. The average molecular weight is 390 g/mol. The number of aliphatic carboxylic acids is 1. The van der Waals surface area contributed by atoms with Gasteiger partial charge >= 0.3 is 5.97 Å². The minimum Gasteiger partial charge on any atom is -0.489 e. The van der Waals surface area contributed by atoms with Crippen LogP contribution in [0, 0.1) is 11.8 Å². The minimum atomic E-state index is -0.856. The number of fused-ring (bicyclic) bond motifs is 1. The molecule has 0 aliphatic carbocycles. The Labute approximate surface area is 171 Å². The molecule has 0 spiro atoms. The summed E-state index contributed by atoms with van der Waals surface area (Å²) in [6, 6.07) is 13.7. The van der Waals surface area contributed by atoms with Crippen molar-refractivity contribution in [3.63, 3.8) is 0 Å². The topological polar surface area (TPSA) is 64.3 Å². The van der Waals surface area contributed by atoms with E-state index in [1.54, 1.807) is 6.92 Å². The lowest BCUT2D eigenvalue weighted by molar-refractivity contribution is -0.137. The summed E-state index contributed by atoms with van der Waals surface area (Å²) in [6.45, 7) is 5.26. The van der Waals surface area contributed by atoms with Gasteiger partial charge in [0.05, 0.1) is 24.1 Å². The molecular formula is C24H26N2O3. The second-order valence-electron chi connectivity index (χ2n) is 6.97. The maximum atomic E-state index is 11.1. The van der Waals surface area contributed by atoms with Gasteiger partial charge in [-0.1, -0.05) is 43.5 Å². The highest BCUT2D eigenvalue weighted by Gasteiger charge is 2.13. The molecule has 150 valence electrons. The number of hydrogen-bond acceptors (Lipinski definition) is 3. The lowest BCUT2D eigenvalue weighted by Crippen LogP contribution is -2.04. The Hall–Kier alpha value is -3.26. The monoisotopic (exact) mass is 390 g/mol. The molecule has 0 aliphatic heterocycles. The highest BCUT2D eigenvalue weighted by molar-refractivity contribution is 5.82. The molecule has 0 unspecified atom stereocenters.